The van der Waals surface area contributed by atoms with E-state index in [0.717, 1.165) is 0 Å². The lowest BCUT2D eigenvalue weighted by Crippen LogP contribution is -2.02. The van der Waals surface area contributed by atoms with Gasteiger partial charge in [0.15, 0.2) is 0 Å². The average molecular weight is 215 g/mol. The Labute approximate surface area is 74.9 Å². The number of hydrogen-bond donors (Lipinski definition) is 0. The SMILES string of the molecule is BrC1CCCC1c1ccoc1. The molecule has 0 aliphatic heterocycles. The van der Waals surface area contributed by atoms with E-state index in [4.69, 9.17) is 4.42 Å². The van der Waals surface area contributed by atoms with Crippen molar-refractivity contribution in [1.82, 2.24) is 0 Å². The van der Waals surface area contributed by atoms with E-state index in [1.807, 2.05) is 6.26 Å². The predicted molar refractivity (Wildman–Crippen MR) is 48.0 cm³/mol. The molecule has 0 bridgehead atoms. The molecular formula is C9H11BrO. The second-order valence-electron chi connectivity index (χ2n) is 3.11. The second-order valence-corrected chi connectivity index (χ2v) is 4.29. The van der Waals surface area contributed by atoms with Gasteiger partial charge in [-0.2, -0.15) is 0 Å². The maximum absolute atomic E-state index is 5.05. The summed E-state index contributed by atoms with van der Waals surface area (Å²) < 4.78 is 5.05. The highest BCUT2D eigenvalue weighted by Crippen LogP contribution is 2.39. The quantitative estimate of drug-likeness (QED) is 0.655. The van der Waals surface area contributed by atoms with E-state index in [0.29, 0.717) is 10.7 Å². The molecule has 60 valence electrons. The molecule has 11 heavy (non-hydrogen) atoms. The first-order valence-electron chi connectivity index (χ1n) is 4.04. The molecule has 2 heteroatoms. The number of furan rings is 1. The van der Waals surface area contributed by atoms with Crippen molar-refractivity contribution in [3.8, 4) is 0 Å². The summed E-state index contributed by atoms with van der Waals surface area (Å²) in [6.45, 7) is 0. The van der Waals surface area contributed by atoms with Crippen LogP contribution in [0, 0.1) is 0 Å². The van der Waals surface area contributed by atoms with Crippen molar-refractivity contribution >= 4 is 15.9 Å². The molecule has 1 heterocycles. The Balaban J connectivity index is 2.16. The Morgan fingerprint density at radius 3 is 2.91 bits per heavy atom. The number of hydrogen-bond acceptors (Lipinski definition) is 1. The first-order valence-corrected chi connectivity index (χ1v) is 4.95. The highest BCUT2D eigenvalue weighted by Gasteiger charge is 2.26. The molecule has 2 atom stereocenters. The predicted octanol–water partition coefficient (Wildman–Crippen LogP) is 3.31. The molecule has 2 rings (SSSR count). The van der Waals surface area contributed by atoms with Gasteiger partial charge in [-0.25, -0.2) is 0 Å². The van der Waals surface area contributed by atoms with Gasteiger partial charge in [0, 0.05) is 4.83 Å². The molecule has 0 aromatic carbocycles. The van der Waals surface area contributed by atoms with Crippen LogP contribution < -0.4 is 0 Å². The normalized spacial score (nSPS) is 31.0. The van der Waals surface area contributed by atoms with Gasteiger partial charge in [-0.1, -0.05) is 22.4 Å². The van der Waals surface area contributed by atoms with Crippen LogP contribution in [0.5, 0.6) is 0 Å². The maximum atomic E-state index is 5.05. The van der Waals surface area contributed by atoms with Crippen molar-refractivity contribution in [3.63, 3.8) is 0 Å². The van der Waals surface area contributed by atoms with Crippen LogP contribution in [0.2, 0.25) is 0 Å². The fraction of sp³-hybridized carbons (Fsp3) is 0.556. The van der Waals surface area contributed by atoms with E-state index >= 15 is 0 Å². The lowest BCUT2D eigenvalue weighted by Gasteiger charge is -2.10. The van der Waals surface area contributed by atoms with E-state index < -0.39 is 0 Å². The highest BCUT2D eigenvalue weighted by molar-refractivity contribution is 9.09. The van der Waals surface area contributed by atoms with Crippen molar-refractivity contribution in [3.05, 3.63) is 24.2 Å². The minimum Gasteiger partial charge on any atom is -0.472 e. The molecule has 0 radical (unpaired) electrons. The molecule has 1 aromatic rings. The summed E-state index contributed by atoms with van der Waals surface area (Å²) in [4.78, 5) is 0.667. The summed E-state index contributed by atoms with van der Waals surface area (Å²) in [6.07, 6.45) is 7.56. The third-order valence-electron chi connectivity index (χ3n) is 2.40. The van der Waals surface area contributed by atoms with Crippen LogP contribution in [0.4, 0.5) is 0 Å². The van der Waals surface area contributed by atoms with Crippen molar-refractivity contribution in [2.45, 2.75) is 30.0 Å². The Bertz CT molecular complexity index is 217. The molecule has 0 saturated heterocycles. The minimum absolute atomic E-state index is 0.667. The minimum atomic E-state index is 0.667. The topological polar surface area (TPSA) is 13.1 Å². The first-order chi connectivity index (χ1) is 5.38. The van der Waals surface area contributed by atoms with Gasteiger partial charge in [-0.3, -0.25) is 0 Å². The van der Waals surface area contributed by atoms with E-state index in [9.17, 15) is 0 Å². The third-order valence-corrected chi connectivity index (χ3v) is 3.50. The monoisotopic (exact) mass is 214 g/mol. The van der Waals surface area contributed by atoms with Gasteiger partial charge in [0.25, 0.3) is 0 Å². The van der Waals surface area contributed by atoms with E-state index in [-0.39, 0.29) is 0 Å². The summed E-state index contributed by atoms with van der Waals surface area (Å²) in [5.41, 5.74) is 1.35. The van der Waals surface area contributed by atoms with Crippen molar-refractivity contribution in [2.24, 2.45) is 0 Å². The average Bonchev–Trinajstić information content (AvgIpc) is 2.55. The molecular weight excluding hydrogens is 204 g/mol. The van der Waals surface area contributed by atoms with E-state index in [2.05, 4.69) is 22.0 Å². The fourth-order valence-corrected chi connectivity index (χ4v) is 2.67. The van der Waals surface area contributed by atoms with Gasteiger partial charge in [0.1, 0.15) is 0 Å². The summed E-state index contributed by atoms with van der Waals surface area (Å²) in [6, 6.07) is 2.07. The number of halogens is 1. The van der Waals surface area contributed by atoms with Crippen LogP contribution in [0.3, 0.4) is 0 Å². The van der Waals surface area contributed by atoms with Crippen molar-refractivity contribution < 1.29 is 4.42 Å². The Hall–Kier alpha value is -0.240. The van der Waals surface area contributed by atoms with Crippen LogP contribution in [0.25, 0.3) is 0 Å². The van der Waals surface area contributed by atoms with E-state index in [1.165, 1.54) is 24.8 Å². The highest BCUT2D eigenvalue weighted by atomic mass is 79.9. The molecule has 0 N–H and O–H groups in total. The summed E-state index contributed by atoms with van der Waals surface area (Å²) in [5, 5.41) is 0. The van der Waals surface area contributed by atoms with Gasteiger partial charge in [-0.15, -0.1) is 0 Å². The number of alkyl halides is 1. The number of rotatable bonds is 1. The fourth-order valence-electron chi connectivity index (χ4n) is 1.78. The standard InChI is InChI=1S/C9H11BrO/c10-9-3-1-2-8(9)7-4-5-11-6-7/h4-6,8-9H,1-3H2. The van der Waals surface area contributed by atoms with Crippen molar-refractivity contribution in [1.29, 1.82) is 0 Å². The zero-order chi connectivity index (χ0) is 7.68. The van der Waals surface area contributed by atoms with Crippen LogP contribution in [-0.2, 0) is 0 Å². The third kappa shape index (κ3) is 1.36. The second kappa shape index (κ2) is 3.02. The molecule has 1 aromatic heterocycles. The van der Waals surface area contributed by atoms with E-state index in [1.54, 1.807) is 6.26 Å². The summed E-state index contributed by atoms with van der Waals surface area (Å²) in [5.74, 6) is 0.689. The van der Waals surface area contributed by atoms with Gasteiger partial charge < -0.3 is 4.42 Å². The molecule has 1 aliphatic carbocycles. The molecule has 1 aliphatic rings. The van der Waals surface area contributed by atoms with Gasteiger partial charge in [0.05, 0.1) is 12.5 Å². The zero-order valence-electron chi connectivity index (χ0n) is 6.29. The summed E-state index contributed by atoms with van der Waals surface area (Å²) >= 11 is 3.68. The van der Waals surface area contributed by atoms with Crippen LogP contribution >= 0.6 is 15.9 Å². The largest absolute Gasteiger partial charge is 0.472 e. The lowest BCUT2D eigenvalue weighted by atomic mass is 10.0. The van der Waals surface area contributed by atoms with Crippen LogP contribution in [-0.4, -0.2) is 4.83 Å². The molecule has 0 amide bonds. The Kier molecular flexibility index (Phi) is 2.03. The smallest absolute Gasteiger partial charge is 0.0937 e. The van der Waals surface area contributed by atoms with Crippen LogP contribution in [0.1, 0.15) is 30.7 Å². The van der Waals surface area contributed by atoms with Crippen molar-refractivity contribution in [2.75, 3.05) is 0 Å². The molecule has 1 nitrogen and oxygen atoms in total. The van der Waals surface area contributed by atoms with Gasteiger partial charge in [-0.05, 0) is 30.4 Å². The Morgan fingerprint density at radius 2 is 2.36 bits per heavy atom. The lowest BCUT2D eigenvalue weighted by molar-refractivity contribution is 0.559. The van der Waals surface area contributed by atoms with Gasteiger partial charge >= 0.3 is 0 Å². The molecule has 0 spiro atoms. The van der Waals surface area contributed by atoms with Crippen LogP contribution in [0.15, 0.2) is 23.0 Å². The summed E-state index contributed by atoms with van der Waals surface area (Å²) in [7, 11) is 0. The molecule has 1 saturated carbocycles. The maximum Gasteiger partial charge on any atom is 0.0937 e. The molecule has 1 fully saturated rings. The first kappa shape index (κ1) is 7.41. The molecule has 2 unspecified atom stereocenters. The Morgan fingerprint density at radius 1 is 1.45 bits per heavy atom. The van der Waals surface area contributed by atoms with Gasteiger partial charge in [0.2, 0.25) is 0 Å². The zero-order valence-corrected chi connectivity index (χ0v) is 7.88.